The molecular formula is C6H4Cl2OS. The van der Waals surface area contributed by atoms with E-state index in [1.807, 2.05) is 0 Å². The van der Waals surface area contributed by atoms with E-state index in [2.05, 4.69) is 0 Å². The molecule has 0 saturated heterocycles. The van der Waals surface area contributed by atoms with Gasteiger partial charge in [0.25, 0.3) is 0 Å². The largest absolute Gasteiger partial charge is 0.281 e. The molecule has 10 heavy (non-hydrogen) atoms. The number of carbonyl (C=O) groups is 1. The van der Waals surface area contributed by atoms with E-state index < -0.39 is 0 Å². The molecule has 0 spiro atoms. The van der Waals surface area contributed by atoms with Gasteiger partial charge in [-0.2, -0.15) is 0 Å². The van der Waals surface area contributed by atoms with Crippen molar-refractivity contribution in [1.29, 1.82) is 0 Å². The second-order valence-corrected chi connectivity index (χ2v) is 3.96. The van der Waals surface area contributed by atoms with E-state index in [-0.39, 0.29) is 11.7 Å². The van der Waals surface area contributed by atoms with Crippen molar-refractivity contribution in [1.82, 2.24) is 0 Å². The van der Waals surface area contributed by atoms with Crippen LogP contribution in [0.15, 0.2) is 12.1 Å². The normalized spacial score (nSPS) is 9.80. The van der Waals surface area contributed by atoms with Crippen molar-refractivity contribution in [3.8, 4) is 0 Å². The van der Waals surface area contributed by atoms with Gasteiger partial charge in [-0.05, 0) is 23.7 Å². The zero-order chi connectivity index (χ0) is 7.56. The lowest BCUT2D eigenvalue weighted by atomic mass is 10.4. The summed E-state index contributed by atoms with van der Waals surface area (Å²) in [7, 11) is 0. The highest BCUT2D eigenvalue weighted by molar-refractivity contribution is 7.16. The van der Waals surface area contributed by atoms with Crippen LogP contribution in [0.25, 0.3) is 0 Å². The minimum absolute atomic E-state index is 0.277. The van der Waals surface area contributed by atoms with Crippen LogP contribution in [-0.4, -0.2) is 5.24 Å². The first-order chi connectivity index (χ1) is 4.68. The van der Waals surface area contributed by atoms with Crippen LogP contribution < -0.4 is 0 Å². The molecule has 0 N–H and O–H groups in total. The molecule has 54 valence electrons. The maximum atomic E-state index is 10.4. The maximum absolute atomic E-state index is 10.4. The molecule has 0 aliphatic heterocycles. The molecule has 1 heterocycles. The van der Waals surface area contributed by atoms with Crippen molar-refractivity contribution in [3.05, 3.63) is 21.3 Å². The third kappa shape index (κ3) is 2.29. The van der Waals surface area contributed by atoms with Gasteiger partial charge in [-0.25, -0.2) is 0 Å². The number of rotatable bonds is 2. The maximum Gasteiger partial charge on any atom is 0.226 e. The Balaban J connectivity index is 2.67. The van der Waals surface area contributed by atoms with Crippen LogP contribution in [0.1, 0.15) is 4.88 Å². The Morgan fingerprint density at radius 3 is 2.70 bits per heavy atom. The quantitative estimate of drug-likeness (QED) is 0.663. The average molecular weight is 195 g/mol. The fourth-order valence-electron chi connectivity index (χ4n) is 0.584. The van der Waals surface area contributed by atoms with Gasteiger partial charge in [0, 0.05) is 4.88 Å². The van der Waals surface area contributed by atoms with E-state index in [1.54, 1.807) is 12.1 Å². The average Bonchev–Trinajstić information content (AvgIpc) is 2.13. The van der Waals surface area contributed by atoms with Crippen molar-refractivity contribution in [2.24, 2.45) is 0 Å². The first-order valence-corrected chi connectivity index (χ1v) is 4.18. The van der Waals surface area contributed by atoms with E-state index in [0.29, 0.717) is 4.34 Å². The van der Waals surface area contributed by atoms with Gasteiger partial charge in [-0.1, -0.05) is 11.6 Å². The highest BCUT2D eigenvalue weighted by Gasteiger charge is 2.01. The van der Waals surface area contributed by atoms with Gasteiger partial charge in [0.05, 0.1) is 10.8 Å². The highest BCUT2D eigenvalue weighted by Crippen LogP contribution is 2.21. The second kappa shape index (κ2) is 3.37. The van der Waals surface area contributed by atoms with Gasteiger partial charge in [0.1, 0.15) is 0 Å². The number of hydrogen-bond acceptors (Lipinski definition) is 2. The fourth-order valence-corrected chi connectivity index (χ4v) is 1.89. The van der Waals surface area contributed by atoms with Crippen LogP contribution in [0.5, 0.6) is 0 Å². The van der Waals surface area contributed by atoms with Crippen LogP contribution in [0.2, 0.25) is 4.34 Å². The molecule has 0 radical (unpaired) electrons. The minimum Gasteiger partial charge on any atom is -0.281 e. The Morgan fingerprint density at radius 1 is 1.60 bits per heavy atom. The number of thiophene rings is 1. The number of hydrogen-bond donors (Lipinski definition) is 0. The molecule has 0 bridgehead atoms. The first-order valence-electron chi connectivity index (χ1n) is 2.61. The SMILES string of the molecule is O=C(Cl)Cc1ccc(Cl)s1. The summed E-state index contributed by atoms with van der Waals surface area (Å²) in [4.78, 5) is 11.3. The molecule has 0 unspecified atom stereocenters. The summed E-state index contributed by atoms with van der Waals surface area (Å²) in [6.45, 7) is 0. The molecule has 0 fully saturated rings. The smallest absolute Gasteiger partial charge is 0.226 e. The Hall–Kier alpha value is -0.0500. The Labute approximate surface area is 72.6 Å². The van der Waals surface area contributed by atoms with Gasteiger partial charge in [0.2, 0.25) is 5.24 Å². The third-order valence-corrected chi connectivity index (χ3v) is 2.31. The second-order valence-electron chi connectivity index (χ2n) is 1.74. The standard InChI is InChI=1S/C6H4Cl2OS/c7-5(9)3-4-1-2-6(8)10-4/h1-2H,3H2. The van der Waals surface area contributed by atoms with Gasteiger partial charge in [-0.15, -0.1) is 11.3 Å². The van der Waals surface area contributed by atoms with E-state index in [1.165, 1.54) is 11.3 Å². The summed E-state index contributed by atoms with van der Waals surface area (Å²) in [5, 5.41) is -0.349. The van der Waals surface area contributed by atoms with Gasteiger partial charge < -0.3 is 0 Å². The molecule has 1 rings (SSSR count). The van der Waals surface area contributed by atoms with Crippen LogP contribution in [-0.2, 0) is 11.2 Å². The lowest BCUT2D eigenvalue weighted by Gasteiger charge is -1.84. The monoisotopic (exact) mass is 194 g/mol. The predicted molar refractivity (Wildman–Crippen MR) is 43.9 cm³/mol. The molecule has 1 aromatic rings. The van der Waals surface area contributed by atoms with E-state index in [4.69, 9.17) is 23.2 Å². The summed E-state index contributed by atoms with van der Waals surface area (Å²) in [6.07, 6.45) is 0.277. The predicted octanol–water partition coefficient (Wildman–Crippen LogP) is 2.71. The molecule has 0 amide bonds. The number of halogens is 2. The van der Waals surface area contributed by atoms with Crippen molar-refractivity contribution >= 4 is 39.8 Å². The minimum atomic E-state index is -0.349. The van der Waals surface area contributed by atoms with Crippen LogP contribution in [0, 0.1) is 0 Å². The molecular weight excluding hydrogens is 191 g/mol. The first kappa shape index (κ1) is 8.05. The molecule has 1 nitrogen and oxygen atoms in total. The van der Waals surface area contributed by atoms with E-state index in [0.717, 1.165) is 4.88 Å². The van der Waals surface area contributed by atoms with Crippen molar-refractivity contribution in [2.75, 3.05) is 0 Å². The van der Waals surface area contributed by atoms with Gasteiger partial charge in [-0.3, -0.25) is 4.79 Å². The van der Waals surface area contributed by atoms with Crippen LogP contribution in [0.3, 0.4) is 0 Å². The molecule has 0 aromatic carbocycles. The molecule has 1 aromatic heterocycles. The summed E-state index contributed by atoms with van der Waals surface area (Å²) >= 11 is 12.1. The summed E-state index contributed by atoms with van der Waals surface area (Å²) in [5.74, 6) is 0. The zero-order valence-electron chi connectivity index (χ0n) is 4.93. The summed E-state index contributed by atoms with van der Waals surface area (Å²) in [6, 6.07) is 3.55. The molecule has 0 aliphatic carbocycles. The van der Waals surface area contributed by atoms with Crippen LogP contribution in [0.4, 0.5) is 0 Å². The molecule has 0 atom stereocenters. The third-order valence-electron chi connectivity index (χ3n) is 0.942. The summed E-state index contributed by atoms with van der Waals surface area (Å²) < 4.78 is 0.688. The van der Waals surface area contributed by atoms with Gasteiger partial charge >= 0.3 is 0 Å². The molecule has 0 aliphatic rings. The van der Waals surface area contributed by atoms with Crippen LogP contribution >= 0.6 is 34.5 Å². The van der Waals surface area contributed by atoms with Crippen molar-refractivity contribution in [3.63, 3.8) is 0 Å². The lowest BCUT2D eigenvalue weighted by Crippen LogP contribution is -1.88. The van der Waals surface area contributed by atoms with Crippen molar-refractivity contribution in [2.45, 2.75) is 6.42 Å². The number of carbonyl (C=O) groups excluding carboxylic acids is 1. The summed E-state index contributed by atoms with van der Waals surface area (Å²) in [5.41, 5.74) is 0. The van der Waals surface area contributed by atoms with E-state index >= 15 is 0 Å². The molecule has 0 saturated carbocycles. The highest BCUT2D eigenvalue weighted by atomic mass is 35.5. The topological polar surface area (TPSA) is 17.1 Å². The Bertz CT molecular complexity index is 244. The lowest BCUT2D eigenvalue weighted by molar-refractivity contribution is -0.111. The zero-order valence-corrected chi connectivity index (χ0v) is 7.26. The Kier molecular flexibility index (Phi) is 2.72. The fraction of sp³-hybridized carbons (Fsp3) is 0.167. The van der Waals surface area contributed by atoms with E-state index in [9.17, 15) is 4.79 Å². The Morgan fingerprint density at radius 2 is 2.30 bits per heavy atom. The molecule has 4 heteroatoms. The van der Waals surface area contributed by atoms with Crippen molar-refractivity contribution < 1.29 is 4.79 Å². The van der Waals surface area contributed by atoms with Gasteiger partial charge in [0.15, 0.2) is 0 Å².